The van der Waals surface area contributed by atoms with Gasteiger partial charge in [0.15, 0.2) is 5.65 Å². The van der Waals surface area contributed by atoms with Crippen LogP contribution >= 0.6 is 11.6 Å². The molecule has 4 rings (SSSR count). The highest BCUT2D eigenvalue weighted by Crippen LogP contribution is 2.24. The Morgan fingerprint density at radius 3 is 2.84 bits per heavy atom. The quantitative estimate of drug-likeness (QED) is 0.772. The first kappa shape index (κ1) is 16.4. The minimum absolute atomic E-state index is 0.125. The summed E-state index contributed by atoms with van der Waals surface area (Å²) in [7, 11) is 0. The summed E-state index contributed by atoms with van der Waals surface area (Å²) in [6.07, 6.45) is 4.34. The molecule has 2 unspecified atom stereocenters. The molecule has 6 heteroatoms. The number of rotatable bonds is 4. The number of nitrogens with zero attached hydrogens (tertiary/aromatic N) is 3. The van der Waals surface area contributed by atoms with Gasteiger partial charge in [0.1, 0.15) is 6.10 Å². The Bertz CT molecular complexity index is 855. The Kier molecular flexibility index (Phi) is 4.59. The van der Waals surface area contributed by atoms with Crippen molar-refractivity contribution in [2.75, 3.05) is 13.1 Å². The molecule has 1 N–H and O–H groups in total. The fourth-order valence-corrected chi connectivity index (χ4v) is 3.43. The molecule has 0 bridgehead atoms. The molecule has 1 aliphatic heterocycles. The van der Waals surface area contributed by atoms with Crippen LogP contribution < -0.4 is 10.1 Å². The van der Waals surface area contributed by atoms with Crippen molar-refractivity contribution in [3.63, 3.8) is 0 Å². The van der Waals surface area contributed by atoms with Crippen molar-refractivity contribution in [3.05, 3.63) is 47.6 Å². The summed E-state index contributed by atoms with van der Waals surface area (Å²) in [5, 5.41) is 8.80. The molecule has 0 aliphatic carbocycles. The highest BCUT2D eigenvalue weighted by atomic mass is 35.5. The van der Waals surface area contributed by atoms with E-state index in [-0.39, 0.29) is 6.10 Å². The van der Waals surface area contributed by atoms with Gasteiger partial charge in [0, 0.05) is 29.1 Å². The third-order valence-electron chi connectivity index (χ3n) is 4.78. The van der Waals surface area contributed by atoms with Gasteiger partial charge in [-0.15, -0.1) is 5.10 Å². The molecule has 2 atom stereocenters. The lowest BCUT2D eigenvalue weighted by Crippen LogP contribution is -2.38. The normalized spacial score (nSPS) is 19.0. The number of hydrogen-bond donors (Lipinski definition) is 1. The minimum Gasteiger partial charge on any atom is -0.473 e. The molecule has 25 heavy (non-hydrogen) atoms. The van der Waals surface area contributed by atoms with E-state index in [1.165, 1.54) is 12.8 Å². The highest BCUT2D eigenvalue weighted by molar-refractivity contribution is 6.30. The van der Waals surface area contributed by atoms with E-state index in [4.69, 9.17) is 16.3 Å². The maximum Gasteiger partial charge on any atom is 0.232 e. The van der Waals surface area contributed by atoms with E-state index < -0.39 is 0 Å². The van der Waals surface area contributed by atoms with Crippen molar-refractivity contribution >= 4 is 17.2 Å². The number of imidazole rings is 1. The smallest absolute Gasteiger partial charge is 0.232 e. The van der Waals surface area contributed by atoms with Crippen molar-refractivity contribution in [3.8, 4) is 17.1 Å². The van der Waals surface area contributed by atoms with Crippen molar-refractivity contribution in [1.82, 2.24) is 19.9 Å². The monoisotopic (exact) mass is 356 g/mol. The number of fused-ring (bicyclic) bond motifs is 1. The molecule has 1 aliphatic rings. The standard InChI is InChI=1S/C19H21ClN4O/c1-13(15-3-2-10-21-11-15)25-19-9-8-18-22-12-17(24(18)23-19)14-4-6-16(20)7-5-14/h4-9,12-13,15,21H,2-3,10-11H2,1H3. The van der Waals surface area contributed by atoms with Crippen molar-refractivity contribution in [2.45, 2.75) is 25.9 Å². The second-order valence-electron chi connectivity index (χ2n) is 6.52. The fraction of sp³-hybridized carbons (Fsp3) is 0.368. The molecule has 5 nitrogen and oxygen atoms in total. The van der Waals surface area contributed by atoms with E-state index in [0.29, 0.717) is 16.8 Å². The number of benzene rings is 1. The predicted molar refractivity (Wildman–Crippen MR) is 99.1 cm³/mol. The lowest BCUT2D eigenvalue weighted by Gasteiger charge is -2.28. The van der Waals surface area contributed by atoms with Gasteiger partial charge in [-0.25, -0.2) is 9.50 Å². The molecular weight excluding hydrogens is 336 g/mol. The van der Waals surface area contributed by atoms with Crippen molar-refractivity contribution in [1.29, 1.82) is 0 Å². The zero-order valence-electron chi connectivity index (χ0n) is 14.2. The summed E-state index contributed by atoms with van der Waals surface area (Å²) < 4.78 is 7.94. The van der Waals surface area contributed by atoms with Gasteiger partial charge < -0.3 is 10.1 Å². The highest BCUT2D eigenvalue weighted by Gasteiger charge is 2.22. The molecule has 1 saturated heterocycles. The lowest BCUT2D eigenvalue weighted by molar-refractivity contribution is 0.124. The fourth-order valence-electron chi connectivity index (χ4n) is 3.30. The third kappa shape index (κ3) is 3.48. The lowest BCUT2D eigenvalue weighted by atomic mass is 9.95. The first-order valence-corrected chi connectivity index (χ1v) is 9.06. The molecule has 0 saturated carbocycles. The zero-order valence-corrected chi connectivity index (χ0v) is 14.9. The van der Waals surface area contributed by atoms with E-state index in [1.807, 2.05) is 47.1 Å². The summed E-state index contributed by atoms with van der Waals surface area (Å²) in [4.78, 5) is 4.43. The van der Waals surface area contributed by atoms with Crippen LogP contribution in [0.25, 0.3) is 16.9 Å². The van der Waals surface area contributed by atoms with Crippen LogP contribution in [-0.2, 0) is 0 Å². The number of hydrogen-bond acceptors (Lipinski definition) is 4. The SMILES string of the molecule is CC(Oc1ccc2ncc(-c3ccc(Cl)cc3)n2n1)C1CCCNC1. The first-order chi connectivity index (χ1) is 12.2. The minimum atomic E-state index is 0.125. The molecule has 3 heterocycles. The van der Waals surface area contributed by atoms with Gasteiger partial charge in [-0.2, -0.15) is 0 Å². The van der Waals surface area contributed by atoms with Gasteiger partial charge in [0.25, 0.3) is 0 Å². The number of ether oxygens (including phenoxy) is 1. The van der Waals surface area contributed by atoms with Crippen LogP contribution in [0.3, 0.4) is 0 Å². The first-order valence-electron chi connectivity index (χ1n) is 8.69. The topological polar surface area (TPSA) is 51.5 Å². The van der Waals surface area contributed by atoms with Crippen LogP contribution in [0.5, 0.6) is 5.88 Å². The maximum atomic E-state index is 6.12. The van der Waals surface area contributed by atoms with Crippen LogP contribution in [-0.4, -0.2) is 33.8 Å². The molecule has 3 aromatic rings. The number of halogens is 1. The molecule has 0 radical (unpaired) electrons. The van der Waals surface area contributed by atoms with E-state index in [0.717, 1.165) is 30.0 Å². The van der Waals surface area contributed by atoms with Crippen LogP contribution in [0.1, 0.15) is 19.8 Å². The molecule has 1 aromatic carbocycles. The summed E-state index contributed by atoms with van der Waals surface area (Å²) in [5.74, 6) is 1.14. The number of nitrogens with one attached hydrogen (secondary N) is 1. The van der Waals surface area contributed by atoms with Crippen molar-refractivity contribution < 1.29 is 4.74 Å². The second kappa shape index (κ2) is 7.02. The predicted octanol–water partition coefficient (Wildman–Crippen LogP) is 3.82. The second-order valence-corrected chi connectivity index (χ2v) is 6.96. The van der Waals surface area contributed by atoms with Crippen LogP contribution in [0.2, 0.25) is 5.02 Å². The Morgan fingerprint density at radius 2 is 2.08 bits per heavy atom. The Hall–Kier alpha value is -2.11. The van der Waals surface area contributed by atoms with Gasteiger partial charge in [-0.3, -0.25) is 0 Å². The molecule has 130 valence electrons. The van der Waals surface area contributed by atoms with E-state index in [2.05, 4.69) is 22.3 Å². The molecule has 1 fully saturated rings. The largest absolute Gasteiger partial charge is 0.473 e. The Labute approximate surface area is 152 Å². The van der Waals surface area contributed by atoms with Crippen LogP contribution in [0.4, 0.5) is 0 Å². The van der Waals surface area contributed by atoms with Crippen molar-refractivity contribution in [2.24, 2.45) is 5.92 Å². The zero-order chi connectivity index (χ0) is 17.2. The summed E-state index contributed by atoms with van der Waals surface area (Å²) >= 11 is 5.98. The third-order valence-corrected chi connectivity index (χ3v) is 5.04. The van der Waals surface area contributed by atoms with E-state index in [9.17, 15) is 0 Å². The summed E-state index contributed by atoms with van der Waals surface area (Å²) in [6, 6.07) is 11.5. The number of aromatic nitrogens is 3. The van der Waals surface area contributed by atoms with Gasteiger partial charge in [0.05, 0.1) is 11.9 Å². The molecule has 0 spiro atoms. The Balaban J connectivity index is 1.60. The average molecular weight is 357 g/mol. The number of piperidine rings is 1. The molecule has 0 amide bonds. The van der Waals surface area contributed by atoms with E-state index >= 15 is 0 Å². The summed E-state index contributed by atoms with van der Waals surface area (Å²) in [6.45, 7) is 4.23. The van der Waals surface area contributed by atoms with Crippen LogP contribution in [0, 0.1) is 5.92 Å². The van der Waals surface area contributed by atoms with Gasteiger partial charge in [-0.1, -0.05) is 23.7 Å². The maximum absolute atomic E-state index is 6.12. The Morgan fingerprint density at radius 1 is 1.24 bits per heavy atom. The van der Waals surface area contributed by atoms with Crippen LogP contribution in [0.15, 0.2) is 42.6 Å². The average Bonchev–Trinajstić information content (AvgIpc) is 3.06. The summed E-state index contributed by atoms with van der Waals surface area (Å²) in [5.41, 5.74) is 2.74. The van der Waals surface area contributed by atoms with Gasteiger partial charge in [-0.05, 0) is 44.5 Å². The van der Waals surface area contributed by atoms with E-state index in [1.54, 1.807) is 0 Å². The van der Waals surface area contributed by atoms with Gasteiger partial charge in [0.2, 0.25) is 5.88 Å². The molecule has 2 aromatic heterocycles. The molecular formula is C19H21ClN4O. The van der Waals surface area contributed by atoms with Gasteiger partial charge >= 0.3 is 0 Å².